The van der Waals surface area contributed by atoms with Gasteiger partial charge in [-0.2, -0.15) is 0 Å². The zero-order valence-corrected chi connectivity index (χ0v) is 15.0. The zero-order valence-electron chi connectivity index (χ0n) is 10.9. The first-order valence-corrected chi connectivity index (χ1v) is 9.23. The third-order valence-electron chi connectivity index (χ3n) is 3.02. The van der Waals surface area contributed by atoms with E-state index in [4.69, 9.17) is 11.6 Å². The Bertz CT molecular complexity index is 839. The minimum atomic E-state index is 0.114. The van der Waals surface area contributed by atoms with E-state index >= 15 is 0 Å². The van der Waals surface area contributed by atoms with E-state index in [-0.39, 0.29) is 15.0 Å². The molecular weight excluding hydrogens is 411 g/mol. The molecule has 0 N–H and O–H groups in total. The van der Waals surface area contributed by atoms with Gasteiger partial charge in [0.1, 0.15) is 0 Å². The number of rotatable bonds is 1. The van der Waals surface area contributed by atoms with Crippen LogP contribution in [0.4, 0.5) is 0 Å². The van der Waals surface area contributed by atoms with E-state index in [0.29, 0.717) is 0 Å². The van der Waals surface area contributed by atoms with Crippen LogP contribution in [0.5, 0.6) is 0 Å². The van der Waals surface area contributed by atoms with Crippen LogP contribution in [-0.2, 0) is 0 Å². The van der Waals surface area contributed by atoms with Crippen molar-refractivity contribution in [1.82, 2.24) is 0 Å². The van der Waals surface area contributed by atoms with Crippen molar-refractivity contribution in [2.24, 2.45) is 0 Å². The molecule has 0 aliphatic carbocycles. The van der Waals surface area contributed by atoms with Gasteiger partial charge in [-0.1, -0.05) is 0 Å². The Hall–Kier alpha value is -1.23. The fourth-order valence-corrected chi connectivity index (χ4v) is 4.62. The van der Waals surface area contributed by atoms with E-state index in [0.717, 1.165) is 15.1 Å². The van der Waals surface area contributed by atoms with Crippen LogP contribution in [0.2, 0.25) is 5.02 Å². The van der Waals surface area contributed by atoms with E-state index in [1.165, 1.54) is 15.2 Å². The number of hydrogen-bond acceptors (Lipinski definition) is 0. The van der Waals surface area contributed by atoms with Gasteiger partial charge in [0.05, 0.1) is 0 Å². The topological polar surface area (TPSA) is 0 Å². The predicted molar refractivity (Wildman–Crippen MR) is 95.4 cm³/mol. The Balaban J connectivity index is 1.91. The maximum absolute atomic E-state index is 5.87. The molecular formula is C18H10BrClSe. The van der Waals surface area contributed by atoms with Gasteiger partial charge < -0.3 is 0 Å². The molecule has 0 radical (unpaired) electrons. The van der Waals surface area contributed by atoms with Crippen molar-refractivity contribution in [3.8, 4) is 10.7 Å². The van der Waals surface area contributed by atoms with Crippen LogP contribution >= 0.6 is 27.5 Å². The fraction of sp³-hybridized carbons (Fsp3) is 0. The summed E-state index contributed by atoms with van der Waals surface area (Å²) in [6.45, 7) is 0. The molecule has 0 bridgehead atoms. The Labute approximate surface area is 143 Å². The quantitative estimate of drug-likeness (QED) is 0.399. The van der Waals surface area contributed by atoms with E-state index in [9.17, 15) is 0 Å². The van der Waals surface area contributed by atoms with E-state index < -0.39 is 0 Å². The molecule has 0 spiro atoms. The molecule has 0 atom stereocenters. The van der Waals surface area contributed by atoms with Gasteiger partial charge >= 0.3 is 144 Å². The molecule has 0 nitrogen and oxygen atoms in total. The number of fused-ring (bicyclic) bond motifs is 1. The van der Waals surface area contributed by atoms with Gasteiger partial charge in [-0.05, 0) is 0 Å². The first-order valence-electron chi connectivity index (χ1n) is 6.35. The van der Waals surface area contributed by atoms with E-state index in [2.05, 4.69) is 63.1 Å². The third-order valence-corrected chi connectivity index (χ3v) is 5.53. The van der Waals surface area contributed by atoms with Crippen molar-refractivity contribution in [3.63, 3.8) is 0 Å². The summed E-state index contributed by atoms with van der Waals surface area (Å²) in [6, 6.07) is 20.3. The van der Waals surface area contributed by atoms with Gasteiger partial charge in [0.25, 0.3) is 0 Å². The second-order valence-electron chi connectivity index (χ2n) is 4.43. The van der Waals surface area contributed by atoms with Gasteiger partial charge in [-0.3, -0.25) is 0 Å². The van der Waals surface area contributed by atoms with Crippen molar-refractivity contribution in [2.75, 3.05) is 0 Å². The van der Waals surface area contributed by atoms with Crippen LogP contribution in [-0.4, -0.2) is 15.0 Å². The molecule has 0 aliphatic rings. The molecule has 0 fully saturated rings. The summed E-state index contributed by atoms with van der Waals surface area (Å²) in [5.41, 5.74) is 1.00. The molecule has 0 aromatic heterocycles. The first kappa shape index (κ1) is 14.7. The Morgan fingerprint density at radius 2 is 1.62 bits per heavy atom. The van der Waals surface area contributed by atoms with Crippen LogP contribution in [0.1, 0.15) is 5.56 Å². The summed E-state index contributed by atoms with van der Waals surface area (Å²) in [5, 5.41) is 3.26. The number of hydrogen-bond donors (Lipinski definition) is 0. The van der Waals surface area contributed by atoms with Crippen molar-refractivity contribution >= 4 is 57.7 Å². The summed E-state index contributed by atoms with van der Waals surface area (Å²) in [6.07, 6.45) is 0. The summed E-state index contributed by atoms with van der Waals surface area (Å²) in [7, 11) is 0. The molecule has 3 rings (SSSR count). The van der Waals surface area contributed by atoms with Gasteiger partial charge in [0, 0.05) is 0 Å². The van der Waals surface area contributed by atoms with Gasteiger partial charge in [-0.25, -0.2) is 0 Å². The third kappa shape index (κ3) is 3.51. The first-order chi connectivity index (χ1) is 10.2. The average Bonchev–Trinajstić information content (AvgIpc) is 2.50. The maximum atomic E-state index is 5.87. The SMILES string of the molecule is Clc1ccc(C#C[Se]c2cccc3cccc(Br)c23)cc1. The van der Waals surface area contributed by atoms with Gasteiger partial charge in [0.15, 0.2) is 0 Å². The Kier molecular flexibility index (Phi) is 4.68. The molecule has 0 saturated carbocycles. The van der Waals surface area contributed by atoms with E-state index in [1.54, 1.807) is 0 Å². The summed E-state index contributed by atoms with van der Waals surface area (Å²) in [4.78, 5) is 3.31. The molecule has 3 aromatic rings. The van der Waals surface area contributed by atoms with Crippen molar-refractivity contribution in [1.29, 1.82) is 0 Å². The standard InChI is InChI=1S/C18H10BrClSe/c19-16-5-1-3-14-4-2-6-17(18(14)16)21-12-11-13-7-9-15(20)10-8-13/h1-10H. The zero-order chi connectivity index (χ0) is 14.7. The van der Waals surface area contributed by atoms with Crippen LogP contribution in [0.3, 0.4) is 0 Å². The van der Waals surface area contributed by atoms with E-state index in [1.807, 2.05) is 24.3 Å². The molecule has 21 heavy (non-hydrogen) atoms. The average molecular weight is 421 g/mol. The molecule has 3 aromatic carbocycles. The van der Waals surface area contributed by atoms with Gasteiger partial charge in [0.2, 0.25) is 0 Å². The number of halogens is 2. The molecule has 0 saturated heterocycles. The Morgan fingerprint density at radius 1 is 0.905 bits per heavy atom. The molecule has 0 amide bonds. The second kappa shape index (κ2) is 6.69. The monoisotopic (exact) mass is 420 g/mol. The molecule has 0 heterocycles. The van der Waals surface area contributed by atoms with Crippen LogP contribution < -0.4 is 4.46 Å². The minimum absolute atomic E-state index is 0.114. The Morgan fingerprint density at radius 3 is 2.38 bits per heavy atom. The summed E-state index contributed by atoms with van der Waals surface area (Å²) < 4.78 is 2.43. The second-order valence-corrected chi connectivity index (χ2v) is 7.50. The normalized spacial score (nSPS) is 10.2. The van der Waals surface area contributed by atoms with Crippen LogP contribution in [0.15, 0.2) is 65.1 Å². The van der Waals surface area contributed by atoms with Gasteiger partial charge in [-0.15, -0.1) is 0 Å². The number of benzene rings is 3. The van der Waals surface area contributed by atoms with Crippen LogP contribution in [0, 0.1) is 10.7 Å². The van der Waals surface area contributed by atoms with Crippen molar-refractivity contribution in [2.45, 2.75) is 0 Å². The summed E-state index contributed by atoms with van der Waals surface area (Å²) in [5.74, 6) is 3.21. The fourth-order valence-electron chi connectivity index (χ4n) is 2.02. The molecule has 0 aliphatic heterocycles. The molecule has 3 heteroatoms. The van der Waals surface area contributed by atoms with Crippen LogP contribution in [0.25, 0.3) is 10.8 Å². The van der Waals surface area contributed by atoms with Crippen molar-refractivity contribution < 1.29 is 0 Å². The van der Waals surface area contributed by atoms with Crippen molar-refractivity contribution in [3.05, 3.63) is 75.7 Å². The summed E-state index contributed by atoms with van der Waals surface area (Å²) >= 11 is 9.63. The molecule has 0 unspecified atom stereocenters. The predicted octanol–water partition coefficient (Wildman–Crippen LogP) is 4.59. The molecule has 102 valence electrons.